The molecular formula is C20H31N. The zero-order valence-corrected chi connectivity index (χ0v) is 13.6. The lowest BCUT2D eigenvalue weighted by molar-refractivity contribution is 0.205. The van der Waals surface area contributed by atoms with Crippen LogP contribution in [0.1, 0.15) is 69.8 Å². The topological polar surface area (TPSA) is 12.0 Å². The van der Waals surface area contributed by atoms with Crippen molar-refractivity contribution in [2.24, 2.45) is 11.8 Å². The van der Waals surface area contributed by atoms with E-state index < -0.39 is 0 Å². The van der Waals surface area contributed by atoms with Crippen molar-refractivity contribution in [1.82, 2.24) is 5.32 Å². The van der Waals surface area contributed by atoms with Crippen molar-refractivity contribution >= 4 is 0 Å². The molecule has 116 valence electrons. The van der Waals surface area contributed by atoms with Gasteiger partial charge in [0, 0.05) is 12.6 Å². The third-order valence-corrected chi connectivity index (χ3v) is 5.68. The predicted molar refractivity (Wildman–Crippen MR) is 90.6 cm³/mol. The van der Waals surface area contributed by atoms with Gasteiger partial charge in [0.15, 0.2) is 0 Å². The van der Waals surface area contributed by atoms with E-state index in [1.807, 2.05) is 0 Å². The molecule has 1 nitrogen and oxygen atoms in total. The molecule has 21 heavy (non-hydrogen) atoms. The van der Waals surface area contributed by atoms with E-state index in [1.54, 1.807) is 5.56 Å². The Morgan fingerprint density at radius 2 is 1.71 bits per heavy atom. The maximum atomic E-state index is 3.78. The Morgan fingerprint density at radius 3 is 2.38 bits per heavy atom. The van der Waals surface area contributed by atoms with Crippen molar-refractivity contribution in [3.05, 3.63) is 35.9 Å². The molecule has 1 aromatic rings. The maximum absolute atomic E-state index is 3.78. The molecule has 2 fully saturated rings. The van der Waals surface area contributed by atoms with Gasteiger partial charge in [0.25, 0.3) is 0 Å². The maximum Gasteiger partial charge on any atom is 0.00684 e. The van der Waals surface area contributed by atoms with E-state index in [1.165, 1.54) is 57.9 Å². The van der Waals surface area contributed by atoms with Crippen LogP contribution in [-0.4, -0.2) is 12.6 Å². The van der Waals surface area contributed by atoms with Crippen molar-refractivity contribution in [3.63, 3.8) is 0 Å². The highest BCUT2D eigenvalue weighted by molar-refractivity contribution is 5.20. The average molecular weight is 285 g/mol. The summed E-state index contributed by atoms with van der Waals surface area (Å²) in [5.41, 5.74) is 1.55. The largest absolute Gasteiger partial charge is 0.313 e. The molecule has 0 saturated heterocycles. The second-order valence-electron chi connectivity index (χ2n) is 7.24. The molecule has 0 aliphatic heterocycles. The minimum Gasteiger partial charge on any atom is -0.313 e. The van der Waals surface area contributed by atoms with Gasteiger partial charge in [-0.05, 0) is 42.6 Å². The molecule has 2 aliphatic rings. The zero-order chi connectivity index (χ0) is 14.5. The second kappa shape index (κ2) is 7.45. The fourth-order valence-corrected chi connectivity index (χ4v) is 4.16. The lowest BCUT2D eigenvalue weighted by Gasteiger charge is -2.34. The molecule has 0 heterocycles. The number of benzene rings is 1. The molecule has 0 aromatic heterocycles. The van der Waals surface area contributed by atoms with Crippen LogP contribution < -0.4 is 5.32 Å². The van der Waals surface area contributed by atoms with Gasteiger partial charge in [0.2, 0.25) is 0 Å². The number of nitrogens with one attached hydrogen (secondary N) is 1. The summed E-state index contributed by atoms with van der Waals surface area (Å²) in [7, 11) is 0. The normalized spacial score (nSPS) is 27.5. The Bertz CT molecular complexity index is 409. The number of rotatable bonds is 7. The van der Waals surface area contributed by atoms with Crippen LogP contribution in [0.4, 0.5) is 0 Å². The average Bonchev–Trinajstić information content (AvgIpc) is 3.37. The van der Waals surface area contributed by atoms with Crippen LogP contribution in [0.2, 0.25) is 0 Å². The standard InChI is InChI=1S/C20H31N/c1-2-16-8-6-7-11-18(16)14-19(15-21-20-12-13-20)17-9-4-3-5-10-17/h3-5,9-10,16,18-21H,2,6-8,11-15H2,1H3. The van der Waals surface area contributed by atoms with Gasteiger partial charge in [-0.15, -0.1) is 0 Å². The Labute approximate surface area is 130 Å². The molecule has 0 amide bonds. The van der Waals surface area contributed by atoms with Crippen molar-refractivity contribution in [3.8, 4) is 0 Å². The van der Waals surface area contributed by atoms with Gasteiger partial charge < -0.3 is 5.32 Å². The van der Waals surface area contributed by atoms with Crippen LogP contribution in [0, 0.1) is 11.8 Å². The molecule has 0 bridgehead atoms. The molecule has 1 heteroatoms. The Kier molecular flexibility index (Phi) is 5.35. The summed E-state index contributed by atoms with van der Waals surface area (Å²) in [6, 6.07) is 12.1. The fourth-order valence-electron chi connectivity index (χ4n) is 4.16. The first-order valence-corrected chi connectivity index (χ1v) is 9.15. The summed E-state index contributed by atoms with van der Waals surface area (Å²) in [5.74, 6) is 2.64. The van der Waals surface area contributed by atoms with Crippen molar-refractivity contribution < 1.29 is 0 Å². The Morgan fingerprint density at radius 1 is 1.00 bits per heavy atom. The van der Waals surface area contributed by atoms with Gasteiger partial charge in [0.1, 0.15) is 0 Å². The second-order valence-corrected chi connectivity index (χ2v) is 7.24. The minimum absolute atomic E-state index is 0.712. The van der Waals surface area contributed by atoms with Crippen molar-refractivity contribution in [2.45, 2.75) is 70.3 Å². The SMILES string of the molecule is CCC1CCCCC1CC(CNC1CC1)c1ccccc1. The van der Waals surface area contributed by atoms with Crippen molar-refractivity contribution in [2.75, 3.05) is 6.54 Å². The number of hydrogen-bond acceptors (Lipinski definition) is 1. The molecule has 1 aromatic carbocycles. The molecule has 2 aliphatic carbocycles. The van der Waals surface area contributed by atoms with E-state index in [2.05, 4.69) is 42.6 Å². The van der Waals surface area contributed by atoms with Crippen LogP contribution in [0.15, 0.2) is 30.3 Å². The highest BCUT2D eigenvalue weighted by atomic mass is 14.9. The predicted octanol–water partition coefficient (Wildman–Crippen LogP) is 5.13. The fraction of sp³-hybridized carbons (Fsp3) is 0.700. The summed E-state index contributed by atoms with van der Waals surface area (Å²) in [4.78, 5) is 0. The molecule has 3 rings (SSSR count). The smallest absolute Gasteiger partial charge is 0.00684 e. The van der Waals surface area contributed by atoms with E-state index >= 15 is 0 Å². The third-order valence-electron chi connectivity index (χ3n) is 5.68. The monoisotopic (exact) mass is 285 g/mol. The molecule has 0 radical (unpaired) electrons. The van der Waals surface area contributed by atoms with Crippen LogP contribution in [0.3, 0.4) is 0 Å². The molecule has 1 N–H and O–H groups in total. The molecule has 3 unspecified atom stereocenters. The van der Waals surface area contributed by atoms with E-state index in [-0.39, 0.29) is 0 Å². The highest BCUT2D eigenvalue weighted by Crippen LogP contribution is 2.38. The van der Waals surface area contributed by atoms with Gasteiger partial charge in [-0.1, -0.05) is 69.4 Å². The van der Waals surface area contributed by atoms with Gasteiger partial charge >= 0.3 is 0 Å². The molecular weight excluding hydrogens is 254 g/mol. The molecule has 3 atom stereocenters. The summed E-state index contributed by atoms with van der Waals surface area (Å²) in [6.45, 7) is 3.57. The minimum atomic E-state index is 0.712. The van der Waals surface area contributed by atoms with Gasteiger partial charge in [-0.3, -0.25) is 0 Å². The zero-order valence-electron chi connectivity index (χ0n) is 13.6. The third kappa shape index (κ3) is 4.32. The first-order valence-electron chi connectivity index (χ1n) is 9.15. The van der Waals surface area contributed by atoms with Crippen LogP contribution in [0.5, 0.6) is 0 Å². The lowest BCUT2D eigenvalue weighted by Crippen LogP contribution is -2.28. The van der Waals surface area contributed by atoms with Crippen LogP contribution in [-0.2, 0) is 0 Å². The Balaban J connectivity index is 1.65. The van der Waals surface area contributed by atoms with Crippen LogP contribution >= 0.6 is 0 Å². The quantitative estimate of drug-likeness (QED) is 0.732. The van der Waals surface area contributed by atoms with E-state index in [4.69, 9.17) is 0 Å². The van der Waals surface area contributed by atoms with Gasteiger partial charge in [-0.2, -0.15) is 0 Å². The van der Waals surface area contributed by atoms with E-state index in [9.17, 15) is 0 Å². The van der Waals surface area contributed by atoms with Gasteiger partial charge in [0.05, 0.1) is 0 Å². The summed E-state index contributed by atoms with van der Waals surface area (Å²) in [6.07, 6.45) is 11.4. The molecule has 0 spiro atoms. The Hall–Kier alpha value is -0.820. The summed E-state index contributed by atoms with van der Waals surface area (Å²) < 4.78 is 0. The first kappa shape index (κ1) is 15.1. The van der Waals surface area contributed by atoms with Crippen LogP contribution in [0.25, 0.3) is 0 Å². The van der Waals surface area contributed by atoms with Crippen molar-refractivity contribution in [1.29, 1.82) is 0 Å². The van der Waals surface area contributed by atoms with E-state index in [0.29, 0.717) is 5.92 Å². The highest BCUT2D eigenvalue weighted by Gasteiger charge is 2.28. The van der Waals surface area contributed by atoms with Gasteiger partial charge in [-0.25, -0.2) is 0 Å². The summed E-state index contributed by atoms with van der Waals surface area (Å²) in [5, 5.41) is 3.78. The lowest BCUT2D eigenvalue weighted by atomic mass is 9.73. The number of hydrogen-bond donors (Lipinski definition) is 1. The first-order chi connectivity index (χ1) is 10.4. The van der Waals surface area contributed by atoms with E-state index in [0.717, 1.165) is 17.9 Å². The summed E-state index contributed by atoms with van der Waals surface area (Å²) >= 11 is 0. The molecule has 2 saturated carbocycles.